The first kappa shape index (κ1) is 25.5. The molecule has 0 heterocycles. The molecule has 0 N–H and O–H groups in total. The summed E-state index contributed by atoms with van der Waals surface area (Å²) in [7, 11) is 0. The Balaban J connectivity index is 3.23. The Morgan fingerprint density at radius 1 is 1.10 bits per heavy atom. The summed E-state index contributed by atoms with van der Waals surface area (Å²) in [5, 5.41) is 14.0. The highest BCUT2D eigenvalue weighted by molar-refractivity contribution is 7.99. The van der Waals surface area contributed by atoms with Crippen LogP contribution in [0.15, 0.2) is 28.1 Å². The predicted molar refractivity (Wildman–Crippen MR) is 125 cm³/mol. The molecule has 0 saturated heterocycles. The molecular formula is C22H39N3O3S. The Hall–Kier alpha value is -1.50. The second-order valence-electron chi connectivity index (χ2n) is 7.13. The number of oxime groups is 3. The van der Waals surface area contributed by atoms with Crippen molar-refractivity contribution in [3.8, 4) is 0 Å². The van der Waals surface area contributed by atoms with Gasteiger partial charge in [0.25, 0.3) is 0 Å². The van der Waals surface area contributed by atoms with Crippen molar-refractivity contribution < 1.29 is 14.5 Å². The number of hydrogen-bond acceptors (Lipinski definition) is 7. The van der Waals surface area contributed by atoms with Crippen molar-refractivity contribution in [3.63, 3.8) is 0 Å². The fourth-order valence-electron chi connectivity index (χ4n) is 3.61. The van der Waals surface area contributed by atoms with Gasteiger partial charge in [-0.15, -0.1) is 0 Å². The monoisotopic (exact) mass is 425 g/mol. The van der Waals surface area contributed by atoms with Crippen LogP contribution in [0.4, 0.5) is 0 Å². The molecule has 1 rings (SSSR count). The molecule has 1 fully saturated rings. The van der Waals surface area contributed by atoms with E-state index < -0.39 is 0 Å². The second kappa shape index (κ2) is 15.4. The van der Waals surface area contributed by atoms with Gasteiger partial charge < -0.3 is 14.5 Å². The normalized spacial score (nSPS) is 23.8. The van der Waals surface area contributed by atoms with Gasteiger partial charge in [-0.25, -0.2) is 0 Å². The van der Waals surface area contributed by atoms with Crippen LogP contribution in [-0.4, -0.2) is 48.0 Å². The van der Waals surface area contributed by atoms with Gasteiger partial charge in [0.05, 0.1) is 23.1 Å². The lowest BCUT2D eigenvalue weighted by Gasteiger charge is -2.32. The van der Waals surface area contributed by atoms with Crippen LogP contribution in [0.25, 0.3) is 0 Å². The molecule has 0 spiro atoms. The van der Waals surface area contributed by atoms with Gasteiger partial charge in [-0.2, -0.15) is 11.8 Å². The van der Waals surface area contributed by atoms with Gasteiger partial charge in [0.2, 0.25) is 0 Å². The zero-order valence-corrected chi connectivity index (χ0v) is 19.7. The summed E-state index contributed by atoms with van der Waals surface area (Å²) in [6, 6.07) is 0. The predicted octanol–water partition coefficient (Wildman–Crippen LogP) is 5.69. The lowest BCUT2D eigenvalue weighted by molar-refractivity contribution is 0.152. The Labute approximate surface area is 181 Å². The zero-order chi connectivity index (χ0) is 21.5. The van der Waals surface area contributed by atoms with E-state index >= 15 is 0 Å². The van der Waals surface area contributed by atoms with Crippen LogP contribution in [0, 0.1) is 11.8 Å². The summed E-state index contributed by atoms with van der Waals surface area (Å²) >= 11 is 2.00. The zero-order valence-electron chi connectivity index (χ0n) is 18.9. The quantitative estimate of drug-likeness (QED) is 0.155. The average molecular weight is 426 g/mol. The van der Waals surface area contributed by atoms with Crippen LogP contribution in [0.1, 0.15) is 66.7 Å². The van der Waals surface area contributed by atoms with Crippen molar-refractivity contribution in [1.29, 1.82) is 0 Å². The van der Waals surface area contributed by atoms with Crippen LogP contribution in [0.2, 0.25) is 0 Å². The van der Waals surface area contributed by atoms with E-state index in [2.05, 4.69) is 42.8 Å². The van der Waals surface area contributed by atoms with E-state index in [1.807, 2.05) is 25.6 Å². The maximum absolute atomic E-state index is 5.49. The first-order valence-electron chi connectivity index (χ1n) is 10.9. The van der Waals surface area contributed by atoms with Crippen LogP contribution in [0.5, 0.6) is 0 Å². The van der Waals surface area contributed by atoms with Crippen molar-refractivity contribution in [1.82, 2.24) is 0 Å². The van der Waals surface area contributed by atoms with Crippen LogP contribution >= 0.6 is 11.8 Å². The Kier molecular flexibility index (Phi) is 13.5. The summed E-state index contributed by atoms with van der Waals surface area (Å²) in [5.41, 5.74) is 2.88. The van der Waals surface area contributed by atoms with Crippen molar-refractivity contribution in [2.24, 2.45) is 27.3 Å². The molecule has 1 aliphatic rings. The smallest absolute Gasteiger partial charge is 0.135 e. The molecule has 166 valence electrons. The average Bonchev–Trinajstić information content (AvgIpc) is 2.70. The van der Waals surface area contributed by atoms with Gasteiger partial charge >= 0.3 is 0 Å². The minimum atomic E-state index is -0.122. The Morgan fingerprint density at radius 2 is 1.72 bits per heavy atom. The second-order valence-corrected chi connectivity index (χ2v) is 8.84. The highest BCUT2D eigenvalue weighted by Crippen LogP contribution is 2.33. The topological polar surface area (TPSA) is 64.8 Å². The third kappa shape index (κ3) is 9.24. The summed E-state index contributed by atoms with van der Waals surface area (Å²) in [5.74, 6) is 1.48. The van der Waals surface area contributed by atoms with Crippen LogP contribution in [-0.2, 0) is 14.5 Å². The fourth-order valence-corrected chi connectivity index (χ4v) is 4.59. The first-order chi connectivity index (χ1) is 14.1. The molecule has 0 aromatic rings. The molecule has 3 atom stereocenters. The van der Waals surface area contributed by atoms with E-state index in [-0.39, 0.29) is 5.92 Å². The summed E-state index contributed by atoms with van der Waals surface area (Å²) in [6.45, 7) is 15.7. The fraction of sp³-hybridized carbons (Fsp3) is 0.773. The third-order valence-corrected chi connectivity index (χ3v) is 5.71. The van der Waals surface area contributed by atoms with Gasteiger partial charge in [0.15, 0.2) is 0 Å². The Bertz CT molecular complexity index is 538. The lowest BCUT2D eigenvalue weighted by Crippen LogP contribution is -2.40. The van der Waals surface area contributed by atoms with E-state index in [1.54, 1.807) is 6.08 Å². The molecule has 0 amide bonds. The van der Waals surface area contributed by atoms with Gasteiger partial charge in [-0.3, -0.25) is 0 Å². The molecule has 0 aromatic carbocycles. The third-order valence-electron chi connectivity index (χ3n) is 4.61. The van der Waals surface area contributed by atoms with E-state index in [9.17, 15) is 0 Å². The van der Waals surface area contributed by atoms with Gasteiger partial charge in [-0.05, 0) is 51.2 Å². The van der Waals surface area contributed by atoms with E-state index in [4.69, 9.17) is 14.5 Å². The molecule has 7 heteroatoms. The molecule has 0 radical (unpaired) electrons. The SMILES string of the molecule is C=CCO/N=C(/CCC)C1/C(=N\OCC)CC(C[C@H](C)SCC)C/C1=N\OCC. The van der Waals surface area contributed by atoms with Crippen molar-refractivity contribution in [2.75, 3.05) is 25.6 Å². The summed E-state index contributed by atoms with van der Waals surface area (Å²) < 4.78 is 0. The minimum absolute atomic E-state index is 0.122. The molecular weight excluding hydrogens is 386 g/mol. The minimum Gasteiger partial charge on any atom is -0.396 e. The summed E-state index contributed by atoms with van der Waals surface area (Å²) in [4.78, 5) is 16.4. The molecule has 1 aliphatic carbocycles. The van der Waals surface area contributed by atoms with E-state index in [0.717, 1.165) is 55.0 Å². The standard InChI is InChI=1S/C22H39N3O3S/c1-7-12-19(23-28-13-8-2)22-20(24-26-9-3)15-18(14-17(6)29-11-5)16-21(22)25-27-10-4/h8,17-18,22H,2,7,9-16H2,1,3-6H3/b23-19-,24-20-,25-21+/t17-,18?,22?/m0/s1. The summed E-state index contributed by atoms with van der Waals surface area (Å²) in [6.07, 6.45) is 6.36. The lowest BCUT2D eigenvalue weighted by atomic mass is 9.74. The maximum Gasteiger partial charge on any atom is 0.135 e. The van der Waals surface area contributed by atoms with Gasteiger partial charge in [0.1, 0.15) is 19.8 Å². The molecule has 0 bridgehead atoms. The highest BCUT2D eigenvalue weighted by Gasteiger charge is 2.37. The molecule has 0 aliphatic heterocycles. The van der Waals surface area contributed by atoms with E-state index in [0.29, 0.717) is 31.0 Å². The van der Waals surface area contributed by atoms with Gasteiger partial charge in [0, 0.05) is 5.25 Å². The van der Waals surface area contributed by atoms with E-state index in [1.165, 1.54) is 0 Å². The molecule has 0 aromatic heterocycles. The maximum atomic E-state index is 5.49. The number of hydrogen-bond donors (Lipinski definition) is 0. The van der Waals surface area contributed by atoms with Crippen LogP contribution < -0.4 is 0 Å². The van der Waals surface area contributed by atoms with Crippen molar-refractivity contribution in [2.45, 2.75) is 72.0 Å². The molecule has 6 nitrogen and oxygen atoms in total. The molecule has 1 saturated carbocycles. The first-order valence-corrected chi connectivity index (χ1v) is 11.9. The number of nitrogens with zero attached hydrogens (tertiary/aromatic N) is 3. The largest absolute Gasteiger partial charge is 0.396 e. The van der Waals surface area contributed by atoms with Crippen molar-refractivity contribution >= 4 is 28.9 Å². The Morgan fingerprint density at radius 3 is 2.21 bits per heavy atom. The highest BCUT2D eigenvalue weighted by atomic mass is 32.2. The molecule has 29 heavy (non-hydrogen) atoms. The number of rotatable bonds is 14. The van der Waals surface area contributed by atoms with Crippen molar-refractivity contribution in [3.05, 3.63) is 12.7 Å². The molecule has 2 unspecified atom stereocenters. The number of thioether (sulfide) groups is 1. The van der Waals surface area contributed by atoms with Crippen LogP contribution in [0.3, 0.4) is 0 Å². The van der Waals surface area contributed by atoms with Gasteiger partial charge in [-0.1, -0.05) is 55.3 Å².